The first-order valence-electron chi connectivity index (χ1n) is 7.87. The van der Waals surface area contributed by atoms with Gasteiger partial charge in [-0.2, -0.15) is 0 Å². The molecule has 1 saturated heterocycles. The average Bonchev–Trinajstić information content (AvgIpc) is 2.99. The lowest BCUT2D eigenvalue weighted by Crippen LogP contribution is -2.38. The number of hydrogen-bond donors (Lipinski definition) is 0. The van der Waals surface area contributed by atoms with Gasteiger partial charge in [0.1, 0.15) is 0 Å². The molecule has 0 saturated carbocycles. The maximum atomic E-state index is 12.0. The Morgan fingerprint density at radius 2 is 2.00 bits per heavy atom. The summed E-state index contributed by atoms with van der Waals surface area (Å²) in [7, 11) is 0.369. The minimum absolute atomic E-state index is 0.00354. The lowest BCUT2D eigenvalue weighted by molar-refractivity contribution is -0.125. The molecule has 2 aliphatic rings. The molecular weight excluding hydrogens is 382 g/mol. The van der Waals surface area contributed by atoms with Gasteiger partial charge in [-0.3, -0.25) is 9.79 Å². The number of halogens is 1. The van der Waals surface area contributed by atoms with E-state index in [2.05, 4.69) is 4.99 Å². The van der Waals surface area contributed by atoms with Gasteiger partial charge >= 0.3 is 0 Å². The average molecular weight is 402 g/mol. The lowest BCUT2D eigenvalue weighted by atomic mass is 10.1. The fourth-order valence-electron chi connectivity index (χ4n) is 2.94. The van der Waals surface area contributed by atoms with Crippen molar-refractivity contribution in [1.82, 2.24) is 9.80 Å². The third-order valence-electron chi connectivity index (χ3n) is 4.31. The Balaban J connectivity index is 1.78. The molecule has 136 valence electrons. The van der Waals surface area contributed by atoms with Gasteiger partial charge in [0, 0.05) is 25.7 Å². The SMILES string of the molecule is CN(C)C(=O)CSC1=N[C@H]2CS(=O)(=O)C[C@H]2N1Cc1ccc(Cl)cc1. The highest BCUT2D eigenvalue weighted by Crippen LogP contribution is 2.32. The molecule has 0 radical (unpaired) electrons. The van der Waals surface area contributed by atoms with Gasteiger partial charge in [-0.05, 0) is 17.7 Å². The molecule has 1 amide bonds. The maximum Gasteiger partial charge on any atom is 0.232 e. The molecule has 2 aliphatic heterocycles. The number of nitrogens with zero attached hydrogens (tertiary/aromatic N) is 3. The number of amidine groups is 1. The van der Waals surface area contributed by atoms with Gasteiger partial charge < -0.3 is 9.80 Å². The molecule has 1 aromatic carbocycles. The van der Waals surface area contributed by atoms with E-state index in [1.54, 1.807) is 14.1 Å². The summed E-state index contributed by atoms with van der Waals surface area (Å²) in [5.74, 6) is 0.486. The molecule has 1 fully saturated rings. The molecule has 1 aromatic rings. The number of fused-ring (bicyclic) bond motifs is 1. The molecule has 0 bridgehead atoms. The Morgan fingerprint density at radius 1 is 1.32 bits per heavy atom. The van der Waals surface area contributed by atoms with Crippen LogP contribution in [0.15, 0.2) is 29.3 Å². The molecule has 2 atom stereocenters. The molecule has 9 heteroatoms. The van der Waals surface area contributed by atoms with Crippen LogP contribution in [-0.2, 0) is 21.2 Å². The Morgan fingerprint density at radius 3 is 2.64 bits per heavy atom. The fourth-order valence-corrected chi connectivity index (χ4v) is 6.02. The van der Waals surface area contributed by atoms with Crippen LogP contribution in [0.2, 0.25) is 5.02 Å². The summed E-state index contributed by atoms with van der Waals surface area (Å²) in [6, 6.07) is 7.08. The van der Waals surface area contributed by atoms with Crippen LogP contribution in [0.4, 0.5) is 0 Å². The summed E-state index contributed by atoms with van der Waals surface area (Å²) < 4.78 is 23.9. The van der Waals surface area contributed by atoms with Crippen LogP contribution < -0.4 is 0 Å². The van der Waals surface area contributed by atoms with Crippen LogP contribution in [0.3, 0.4) is 0 Å². The summed E-state index contributed by atoms with van der Waals surface area (Å²) in [5.41, 5.74) is 1.03. The molecule has 0 unspecified atom stereocenters. The van der Waals surface area contributed by atoms with Crippen molar-refractivity contribution in [2.75, 3.05) is 31.4 Å². The number of rotatable bonds is 4. The number of thioether (sulfide) groups is 1. The molecule has 25 heavy (non-hydrogen) atoms. The Labute approximate surface area is 157 Å². The van der Waals surface area contributed by atoms with Crippen molar-refractivity contribution in [3.63, 3.8) is 0 Å². The van der Waals surface area contributed by atoms with Gasteiger partial charge in [0.25, 0.3) is 0 Å². The zero-order chi connectivity index (χ0) is 18.2. The minimum Gasteiger partial charge on any atom is -0.348 e. The normalized spacial score (nSPS) is 24.1. The van der Waals surface area contributed by atoms with E-state index in [0.717, 1.165) is 10.7 Å². The molecule has 0 N–H and O–H groups in total. The van der Waals surface area contributed by atoms with Gasteiger partial charge in [0.2, 0.25) is 5.91 Å². The van der Waals surface area contributed by atoms with Crippen LogP contribution >= 0.6 is 23.4 Å². The van der Waals surface area contributed by atoms with Crippen molar-refractivity contribution in [1.29, 1.82) is 0 Å². The van der Waals surface area contributed by atoms with E-state index >= 15 is 0 Å². The van der Waals surface area contributed by atoms with Crippen LogP contribution in [0.1, 0.15) is 5.56 Å². The highest BCUT2D eigenvalue weighted by Gasteiger charge is 2.46. The molecule has 2 heterocycles. The molecular formula is C16H20ClN3O3S2. The summed E-state index contributed by atoms with van der Waals surface area (Å²) in [6.45, 7) is 0.551. The Kier molecular flexibility index (Phi) is 5.31. The van der Waals surface area contributed by atoms with E-state index in [1.165, 1.54) is 16.7 Å². The molecule has 6 nitrogen and oxygen atoms in total. The molecule has 0 spiro atoms. The lowest BCUT2D eigenvalue weighted by Gasteiger charge is -2.26. The summed E-state index contributed by atoms with van der Waals surface area (Å²) in [5, 5.41) is 1.40. The minimum atomic E-state index is -3.06. The first-order valence-corrected chi connectivity index (χ1v) is 11.1. The van der Waals surface area contributed by atoms with Crippen LogP contribution in [0, 0.1) is 0 Å². The predicted molar refractivity (Wildman–Crippen MR) is 102 cm³/mol. The van der Waals surface area contributed by atoms with Crippen molar-refractivity contribution < 1.29 is 13.2 Å². The van der Waals surface area contributed by atoms with E-state index in [4.69, 9.17) is 11.6 Å². The maximum absolute atomic E-state index is 12.0. The van der Waals surface area contributed by atoms with Crippen molar-refractivity contribution in [2.24, 2.45) is 4.99 Å². The van der Waals surface area contributed by atoms with Gasteiger partial charge in [0.05, 0.1) is 29.3 Å². The third-order valence-corrected chi connectivity index (χ3v) is 7.25. The number of benzene rings is 1. The largest absolute Gasteiger partial charge is 0.348 e. The number of carbonyl (C=O) groups excluding carboxylic acids is 1. The Hall–Kier alpha value is -1.25. The topological polar surface area (TPSA) is 70.0 Å². The third kappa shape index (κ3) is 4.30. The highest BCUT2D eigenvalue weighted by atomic mass is 35.5. The van der Waals surface area contributed by atoms with Crippen molar-refractivity contribution in [3.05, 3.63) is 34.9 Å². The first kappa shape index (κ1) is 18.5. The zero-order valence-electron chi connectivity index (χ0n) is 14.1. The standard InChI is InChI=1S/C16H20ClN3O3S2/c1-19(2)15(21)8-24-16-18-13-9-25(22,23)10-14(13)20(16)7-11-3-5-12(17)6-4-11/h3-6,13-14H,7-10H2,1-2H3/t13-,14+/m0/s1. The van der Waals surface area contributed by atoms with Crippen molar-refractivity contribution in [2.45, 2.75) is 18.6 Å². The summed E-state index contributed by atoms with van der Waals surface area (Å²) in [4.78, 5) is 20.0. The summed E-state index contributed by atoms with van der Waals surface area (Å²) in [6.07, 6.45) is 0. The van der Waals surface area contributed by atoms with Crippen LogP contribution in [0.5, 0.6) is 0 Å². The number of hydrogen-bond acceptors (Lipinski definition) is 6. The number of carbonyl (C=O) groups is 1. The molecule has 0 aliphatic carbocycles. The highest BCUT2D eigenvalue weighted by molar-refractivity contribution is 8.14. The van der Waals surface area contributed by atoms with Crippen LogP contribution in [0.25, 0.3) is 0 Å². The number of aliphatic imine (C=N–C) groups is 1. The van der Waals surface area contributed by atoms with E-state index in [-0.39, 0.29) is 35.2 Å². The summed E-state index contributed by atoms with van der Waals surface area (Å²) >= 11 is 7.31. The quantitative estimate of drug-likeness (QED) is 0.764. The predicted octanol–water partition coefficient (Wildman–Crippen LogP) is 1.50. The van der Waals surface area contributed by atoms with Gasteiger partial charge in [-0.1, -0.05) is 35.5 Å². The van der Waals surface area contributed by atoms with Crippen molar-refractivity contribution in [3.8, 4) is 0 Å². The van der Waals surface area contributed by atoms with E-state index in [1.807, 2.05) is 29.2 Å². The molecule has 3 rings (SSSR count). The Bertz CT molecular complexity index is 793. The van der Waals surface area contributed by atoms with E-state index in [9.17, 15) is 13.2 Å². The van der Waals surface area contributed by atoms with Gasteiger partial charge in [0.15, 0.2) is 15.0 Å². The second kappa shape index (κ2) is 7.17. The first-order chi connectivity index (χ1) is 11.7. The molecule has 0 aromatic heterocycles. The van der Waals surface area contributed by atoms with E-state index in [0.29, 0.717) is 11.6 Å². The van der Waals surface area contributed by atoms with Crippen molar-refractivity contribution >= 4 is 44.3 Å². The monoisotopic (exact) mass is 401 g/mol. The smallest absolute Gasteiger partial charge is 0.232 e. The van der Waals surface area contributed by atoms with E-state index < -0.39 is 9.84 Å². The zero-order valence-corrected chi connectivity index (χ0v) is 16.4. The van der Waals surface area contributed by atoms with Gasteiger partial charge in [-0.15, -0.1) is 0 Å². The number of amides is 1. The second-order valence-electron chi connectivity index (χ2n) is 6.45. The van der Waals surface area contributed by atoms with Gasteiger partial charge in [-0.25, -0.2) is 8.42 Å². The van der Waals surface area contributed by atoms with Crippen LogP contribution in [-0.4, -0.2) is 72.7 Å². The second-order valence-corrected chi connectivity index (χ2v) is 9.99. The fraction of sp³-hybridized carbons (Fsp3) is 0.500. The number of sulfone groups is 1.